The van der Waals surface area contributed by atoms with Crippen molar-refractivity contribution in [1.82, 2.24) is 0 Å². The van der Waals surface area contributed by atoms with Crippen LogP contribution in [0.5, 0.6) is 0 Å². The van der Waals surface area contributed by atoms with Gasteiger partial charge in [0, 0.05) is 0 Å². The van der Waals surface area contributed by atoms with Gasteiger partial charge >= 0.3 is 0 Å². The van der Waals surface area contributed by atoms with E-state index in [9.17, 15) is 0 Å². The summed E-state index contributed by atoms with van der Waals surface area (Å²) in [5.74, 6) is 0. The fourth-order valence-corrected chi connectivity index (χ4v) is 2.50. The van der Waals surface area contributed by atoms with Gasteiger partial charge in [-0.3, -0.25) is 0 Å². The largest absolute Gasteiger partial charge is 0.137 e. The van der Waals surface area contributed by atoms with Gasteiger partial charge in [0.25, 0.3) is 0 Å². The first-order chi connectivity index (χ1) is 6.36. The number of thiophene rings is 1. The van der Waals surface area contributed by atoms with E-state index in [-0.39, 0.29) is 0 Å². The van der Waals surface area contributed by atoms with Gasteiger partial charge in [-0.1, -0.05) is 30.3 Å². The molecule has 0 aliphatic rings. The van der Waals surface area contributed by atoms with Crippen LogP contribution in [0, 0.1) is 0 Å². The van der Waals surface area contributed by atoms with Gasteiger partial charge in [0.1, 0.15) is 0 Å². The van der Waals surface area contributed by atoms with Crippen LogP contribution in [0.4, 0.5) is 0 Å². The van der Waals surface area contributed by atoms with Crippen molar-refractivity contribution in [2.45, 2.75) is 6.42 Å². The van der Waals surface area contributed by atoms with Crippen LogP contribution in [-0.2, 0) is 6.42 Å². The lowest BCUT2D eigenvalue weighted by molar-refractivity contribution is 1.20. The summed E-state index contributed by atoms with van der Waals surface area (Å²) in [7, 11) is 0. The molecule has 1 aromatic heterocycles. The van der Waals surface area contributed by atoms with Crippen LogP contribution in [0.25, 0.3) is 0 Å². The van der Waals surface area contributed by atoms with Gasteiger partial charge in [-0.25, -0.2) is 0 Å². The minimum atomic E-state index is 1.02. The van der Waals surface area contributed by atoms with E-state index >= 15 is 0 Å². The standard InChI is InChI=1S/C11H9BrS/c12-11-10(6-7-13-11)8-9-4-2-1-3-5-9/h1-7H,8H2. The highest BCUT2D eigenvalue weighted by Gasteiger charge is 2.01. The molecule has 1 aromatic carbocycles. The van der Waals surface area contributed by atoms with Crippen LogP contribution in [0.1, 0.15) is 11.1 Å². The Morgan fingerprint density at radius 2 is 1.85 bits per heavy atom. The van der Waals surface area contributed by atoms with Gasteiger partial charge in [0.15, 0.2) is 0 Å². The molecule has 0 spiro atoms. The van der Waals surface area contributed by atoms with Crippen molar-refractivity contribution in [2.75, 3.05) is 0 Å². The van der Waals surface area contributed by atoms with Gasteiger partial charge in [-0.05, 0) is 44.9 Å². The molecule has 0 radical (unpaired) electrons. The molecule has 1 heterocycles. The summed E-state index contributed by atoms with van der Waals surface area (Å²) in [4.78, 5) is 0. The Balaban J connectivity index is 2.20. The minimum absolute atomic E-state index is 1.02. The second-order valence-corrected chi connectivity index (χ2v) is 5.12. The second-order valence-electron chi connectivity index (χ2n) is 2.88. The number of hydrogen-bond acceptors (Lipinski definition) is 1. The number of hydrogen-bond donors (Lipinski definition) is 0. The van der Waals surface area contributed by atoms with Crippen molar-refractivity contribution in [1.29, 1.82) is 0 Å². The topological polar surface area (TPSA) is 0 Å². The Hall–Kier alpha value is -0.600. The summed E-state index contributed by atoms with van der Waals surface area (Å²) >= 11 is 5.28. The minimum Gasteiger partial charge on any atom is -0.137 e. The number of rotatable bonds is 2. The molecule has 0 aliphatic carbocycles. The Morgan fingerprint density at radius 1 is 1.08 bits per heavy atom. The van der Waals surface area contributed by atoms with E-state index in [2.05, 4.69) is 51.6 Å². The van der Waals surface area contributed by atoms with E-state index < -0.39 is 0 Å². The zero-order valence-corrected chi connectivity index (χ0v) is 9.44. The molecule has 66 valence electrons. The van der Waals surface area contributed by atoms with Gasteiger partial charge < -0.3 is 0 Å². The molecule has 2 aromatic rings. The maximum absolute atomic E-state index is 3.54. The molecular weight excluding hydrogens is 244 g/mol. The fourth-order valence-electron chi connectivity index (χ4n) is 1.26. The zero-order chi connectivity index (χ0) is 9.10. The van der Waals surface area contributed by atoms with Crippen LogP contribution in [-0.4, -0.2) is 0 Å². The van der Waals surface area contributed by atoms with Crippen molar-refractivity contribution >= 4 is 27.3 Å². The molecule has 2 heteroatoms. The lowest BCUT2D eigenvalue weighted by Gasteiger charge is -1.98. The smallest absolute Gasteiger partial charge is 0.0733 e. The van der Waals surface area contributed by atoms with E-state index in [1.807, 2.05) is 6.07 Å². The van der Waals surface area contributed by atoms with Crippen LogP contribution in [0.15, 0.2) is 45.6 Å². The third-order valence-electron chi connectivity index (χ3n) is 1.93. The van der Waals surface area contributed by atoms with E-state index in [1.165, 1.54) is 14.9 Å². The lowest BCUT2D eigenvalue weighted by Crippen LogP contribution is -1.84. The summed E-state index contributed by atoms with van der Waals surface area (Å²) in [6.07, 6.45) is 1.02. The summed E-state index contributed by atoms with van der Waals surface area (Å²) < 4.78 is 1.25. The van der Waals surface area contributed by atoms with Crippen LogP contribution in [0.3, 0.4) is 0 Å². The summed E-state index contributed by atoms with van der Waals surface area (Å²) in [6.45, 7) is 0. The maximum Gasteiger partial charge on any atom is 0.0733 e. The molecule has 0 fully saturated rings. The first-order valence-corrected chi connectivity index (χ1v) is 5.79. The molecule has 0 amide bonds. The number of benzene rings is 1. The Bertz CT molecular complexity index is 378. The molecule has 0 saturated carbocycles. The average Bonchev–Trinajstić information content (AvgIpc) is 2.54. The normalized spacial score (nSPS) is 10.2. The molecule has 0 N–H and O–H groups in total. The molecule has 0 saturated heterocycles. The molecule has 0 atom stereocenters. The monoisotopic (exact) mass is 252 g/mol. The molecular formula is C11H9BrS. The van der Waals surface area contributed by atoms with Crippen LogP contribution < -0.4 is 0 Å². The molecule has 0 aliphatic heterocycles. The molecule has 13 heavy (non-hydrogen) atoms. The summed E-state index contributed by atoms with van der Waals surface area (Å²) in [5, 5.41) is 2.11. The van der Waals surface area contributed by atoms with Crippen molar-refractivity contribution in [3.8, 4) is 0 Å². The summed E-state index contributed by atoms with van der Waals surface area (Å²) in [6, 6.07) is 12.7. The SMILES string of the molecule is Brc1sccc1Cc1ccccc1. The third kappa shape index (κ3) is 2.20. The molecule has 2 rings (SSSR count). The predicted octanol–water partition coefficient (Wildman–Crippen LogP) is 4.10. The zero-order valence-electron chi connectivity index (χ0n) is 7.03. The van der Waals surface area contributed by atoms with Crippen molar-refractivity contribution in [3.05, 3.63) is 56.7 Å². The van der Waals surface area contributed by atoms with Crippen molar-refractivity contribution < 1.29 is 0 Å². The van der Waals surface area contributed by atoms with Gasteiger partial charge in [-0.2, -0.15) is 0 Å². The fraction of sp³-hybridized carbons (Fsp3) is 0.0909. The lowest BCUT2D eigenvalue weighted by atomic mass is 10.1. The molecule has 0 nitrogen and oxygen atoms in total. The summed E-state index contributed by atoms with van der Waals surface area (Å²) in [5.41, 5.74) is 2.73. The Morgan fingerprint density at radius 3 is 2.46 bits per heavy atom. The quantitative estimate of drug-likeness (QED) is 0.755. The Labute approximate surface area is 90.4 Å². The molecule has 0 unspecified atom stereocenters. The highest BCUT2D eigenvalue weighted by Crippen LogP contribution is 2.25. The first-order valence-electron chi connectivity index (χ1n) is 4.12. The van der Waals surface area contributed by atoms with Crippen molar-refractivity contribution in [2.24, 2.45) is 0 Å². The van der Waals surface area contributed by atoms with E-state index in [4.69, 9.17) is 0 Å². The van der Waals surface area contributed by atoms with E-state index in [0.29, 0.717) is 0 Å². The predicted molar refractivity (Wildman–Crippen MR) is 61.3 cm³/mol. The van der Waals surface area contributed by atoms with Crippen LogP contribution in [0.2, 0.25) is 0 Å². The Kier molecular flexibility index (Phi) is 2.81. The third-order valence-corrected chi connectivity index (χ3v) is 3.74. The van der Waals surface area contributed by atoms with E-state index in [0.717, 1.165) is 6.42 Å². The average molecular weight is 253 g/mol. The van der Waals surface area contributed by atoms with Gasteiger partial charge in [0.2, 0.25) is 0 Å². The van der Waals surface area contributed by atoms with Gasteiger partial charge in [0.05, 0.1) is 3.79 Å². The van der Waals surface area contributed by atoms with Gasteiger partial charge in [-0.15, -0.1) is 11.3 Å². The van der Waals surface area contributed by atoms with Crippen LogP contribution >= 0.6 is 27.3 Å². The van der Waals surface area contributed by atoms with E-state index in [1.54, 1.807) is 11.3 Å². The molecule has 0 bridgehead atoms. The number of halogens is 1. The van der Waals surface area contributed by atoms with Crippen molar-refractivity contribution in [3.63, 3.8) is 0 Å². The highest BCUT2D eigenvalue weighted by molar-refractivity contribution is 9.11. The maximum atomic E-state index is 3.54. The highest BCUT2D eigenvalue weighted by atomic mass is 79.9. The second kappa shape index (κ2) is 4.07. The first kappa shape index (κ1) is 8.97.